The molecule has 0 radical (unpaired) electrons. The lowest BCUT2D eigenvalue weighted by atomic mass is 10.4. The van der Waals surface area contributed by atoms with Crippen LogP contribution in [0.4, 0.5) is 0 Å². The second kappa shape index (κ2) is 15.6. The van der Waals surface area contributed by atoms with Crippen LogP contribution in [0.15, 0.2) is 0 Å². The Morgan fingerprint density at radius 1 is 1.00 bits per heavy atom. The van der Waals surface area contributed by atoms with Gasteiger partial charge in [0.15, 0.2) is 0 Å². The minimum absolute atomic E-state index is 0. The van der Waals surface area contributed by atoms with Crippen molar-refractivity contribution in [3.63, 3.8) is 0 Å². The third kappa shape index (κ3) is 31.7. The van der Waals surface area contributed by atoms with Crippen LogP contribution in [0, 0.1) is 34.0 Å². The van der Waals surface area contributed by atoms with Crippen molar-refractivity contribution in [3.05, 3.63) is 0 Å². The molecule has 0 rings (SSSR count). The van der Waals surface area contributed by atoms with Crippen molar-refractivity contribution in [1.82, 2.24) is 0 Å². The van der Waals surface area contributed by atoms with Crippen molar-refractivity contribution in [3.8, 4) is 18.2 Å². The second-order valence-electron chi connectivity index (χ2n) is 1.40. The summed E-state index contributed by atoms with van der Waals surface area (Å²) >= 11 is 0. The molecular formula is C7H9N3. The first-order valence-corrected chi connectivity index (χ1v) is 2.94. The van der Waals surface area contributed by atoms with Crippen LogP contribution in [-0.2, 0) is 0 Å². The molecule has 3 nitrogen and oxygen atoms in total. The van der Waals surface area contributed by atoms with Crippen molar-refractivity contribution in [2.75, 3.05) is 0 Å². The Balaban J connectivity index is 0. The van der Waals surface area contributed by atoms with Crippen LogP contribution >= 0.6 is 0 Å². The fourth-order valence-corrected chi connectivity index (χ4v) is 0.147. The Morgan fingerprint density at radius 3 is 1.50 bits per heavy atom. The van der Waals surface area contributed by atoms with E-state index in [1.54, 1.807) is 12.1 Å². The van der Waals surface area contributed by atoms with Crippen LogP contribution in [0.3, 0.4) is 0 Å². The van der Waals surface area contributed by atoms with Gasteiger partial charge in [0, 0.05) is 6.42 Å². The fourth-order valence-electron chi connectivity index (χ4n) is 0.147. The van der Waals surface area contributed by atoms with E-state index in [0.717, 1.165) is 6.42 Å². The molecule has 0 aromatic heterocycles. The minimum Gasteiger partial charge on any atom is -0.198 e. The summed E-state index contributed by atoms with van der Waals surface area (Å²) in [5.41, 5.74) is 0. The molecule has 0 atom stereocenters. The summed E-state index contributed by atoms with van der Waals surface area (Å²) in [6.45, 7) is 1.99. The Morgan fingerprint density at radius 2 is 1.50 bits per heavy atom. The van der Waals surface area contributed by atoms with Crippen molar-refractivity contribution >= 4 is 0 Å². The third-order valence-electron chi connectivity index (χ3n) is 0.520. The molecule has 0 aromatic carbocycles. The summed E-state index contributed by atoms with van der Waals surface area (Å²) in [4.78, 5) is 0. The van der Waals surface area contributed by atoms with E-state index in [4.69, 9.17) is 15.8 Å². The Bertz CT molecular complexity index is 153. The molecule has 0 saturated heterocycles. The molecule has 0 aliphatic rings. The summed E-state index contributed by atoms with van der Waals surface area (Å²) in [7, 11) is 0. The monoisotopic (exact) mass is 135 g/mol. The summed E-state index contributed by atoms with van der Waals surface area (Å²) < 4.78 is 0. The van der Waals surface area contributed by atoms with Gasteiger partial charge in [0.05, 0.1) is 18.2 Å². The highest BCUT2D eigenvalue weighted by atomic mass is 14.3. The summed E-state index contributed by atoms with van der Waals surface area (Å²) in [5.74, 6) is 0. The van der Waals surface area contributed by atoms with Crippen molar-refractivity contribution in [2.45, 2.75) is 26.2 Å². The third-order valence-corrected chi connectivity index (χ3v) is 0.520. The Kier molecular flexibility index (Phi) is 17.7. The van der Waals surface area contributed by atoms with Gasteiger partial charge in [0.2, 0.25) is 0 Å². The van der Waals surface area contributed by atoms with Crippen molar-refractivity contribution < 1.29 is 0 Å². The summed E-state index contributed by atoms with van der Waals surface area (Å²) in [5, 5.41) is 23.0. The number of rotatable bonds is 1. The molecular weight excluding hydrogens is 126 g/mol. The predicted octanol–water partition coefficient (Wildman–Crippen LogP) is 1.73. The van der Waals surface area contributed by atoms with Crippen LogP contribution in [0.5, 0.6) is 0 Å². The van der Waals surface area contributed by atoms with Crippen LogP contribution in [0.1, 0.15) is 26.2 Å². The van der Waals surface area contributed by atoms with Gasteiger partial charge in [-0.3, -0.25) is 0 Å². The molecule has 0 spiro atoms. The lowest BCUT2D eigenvalue weighted by Gasteiger charge is -1.65. The first-order chi connectivity index (χ1) is 4.83. The fraction of sp³-hybridized carbons (Fsp3) is 0.571. The van der Waals surface area contributed by atoms with Crippen LogP contribution in [-0.4, -0.2) is 0 Å². The maximum atomic E-state index is 7.82. The molecule has 10 heavy (non-hydrogen) atoms. The van der Waals surface area contributed by atoms with Gasteiger partial charge >= 0.3 is 0 Å². The molecule has 0 aromatic rings. The number of nitriles is 3. The lowest BCUT2D eigenvalue weighted by molar-refractivity contribution is 0.969. The zero-order chi connectivity index (χ0) is 8.24. The van der Waals surface area contributed by atoms with Gasteiger partial charge in [0.25, 0.3) is 0 Å². The van der Waals surface area contributed by atoms with Crippen LogP contribution in [0.2, 0.25) is 0 Å². The first-order valence-electron chi connectivity index (χ1n) is 2.94. The van der Waals surface area contributed by atoms with E-state index in [-0.39, 0.29) is 6.42 Å². The first kappa shape index (κ1) is 11.3. The van der Waals surface area contributed by atoms with E-state index in [1.165, 1.54) is 0 Å². The molecule has 0 saturated carbocycles. The quantitative estimate of drug-likeness (QED) is 0.549. The van der Waals surface area contributed by atoms with Crippen LogP contribution < -0.4 is 0 Å². The smallest absolute Gasteiger partial charge is 0.122 e. The van der Waals surface area contributed by atoms with Gasteiger partial charge in [-0.05, 0) is 6.42 Å². The van der Waals surface area contributed by atoms with Gasteiger partial charge in [-0.1, -0.05) is 6.92 Å². The van der Waals surface area contributed by atoms with Gasteiger partial charge in [-0.15, -0.1) is 0 Å². The van der Waals surface area contributed by atoms with Crippen molar-refractivity contribution in [2.24, 2.45) is 0 Å². The average Bonchev–Trinajstić information content (AvgIpc) is 1.93. The molecule has 0 bridgehead atoms. The van der Waals surface area contributed by atoms with E-state index < -0.39 is 0 Å². The van der Waals surface area contributed by atoms with Gasteiger partial charge in [-0.25, -0.2) is 0 Å². The predicted molar refractivity (Wildman–Crippen MR) is 36.4 cm³/mol. The van der Waals surface area contributed by atoms with Gasteiger partial charge in [-0.2, -0.15) is 15.8 Å². The zero-order valence-electron chi connectivity index (χ0n) is 5.96. The summed E-state index contributed by atoms with van der Waals surface area (Å²) in [6, 6.07) is 5.33. The molecule has 0 N–H and O–H groups in total. The van der Waals surface area contributed by atoms with Crippen LogP contribution in [0.25, 0.3) is 0 Å². The molecule has 0 fully saturated rings. The zero-order valence-corrected chi connectivity index (χ0v) is 5.96. The maximum Gasteiger partial charge on any atom is 0.122 e. The average molecular weight is 135 g/mol. The molecule has 0 unspecified atom stereocenters. The van der Waals surface area contributed by atoms with E-state index in [2.05, 4.69) is 0 Å². The number of hydrogen-bond acceptors (Lipinski definition) is 3. The topological polar surface area (TPSA) is 71.4 Å². The molecule has 0 heterocycles. The molecule has 3 heteroatoms. The van der Waals surface area contributed by atoms with Crippen molar-refractivity contribution in [1.29, 1.82) is 15.8 Å². The number of nitrogens with zero attached hydrogens (tertiary/aromatic N) is 3. The lowest BCUT2D eigenvalue weighted by Crippen LogP contribution is -1.53. The highest BCUT2D eigenvalue weighted by Gasteiger charge is 1.65. The normalized spacial score (nSPS) is 5.40. The van der Waals surface area contributed by atoms with E-state index in [9.17, 15) is 0 Å². The largest absolute Gasteiger partial charge is 0.198 e. The molecule has 0 aliphatic heterocycles. The second-order valence-corrected chi connectivity index (χ2v) is 1.40. The number of hydrogen-bond donors (Lipinski definition) is 0. The molecule has 52 valence electrons. The highest BCUT2D eigenvalue weighted by molar-refractivity contribution is 4.85. The van der Waals surface area contributed by atoms with Gasteiger partial charge < -0.3 is 0 Å². The van der Waals surface area contributed by atoms with Gasteiger partial charge in [0.1, 0.15) is 6.42 Å². The Labute approximate surface area is 61.1 Å². The SMILES string of the molecule is CCCC#N.N#CCC#N. The summed E-state index contributed by atoms with van der Waals surface area (Å²) in [6.07, 6.45) is 1.68. The van der Waals surface area contributed by atoms with E-state index >= 15 is 0 Å². The minimum atomic E-state index is 0. The molecule has 0 aliphatic carbocycles. The highest BCUT2D eigenvalue weighted by Crippen LogP contribution is 1.77. The number of unbranched alkanes of at least 4 members (excludes halogenated alkanes) is 1. The van der Waals surface area contributed by atoms with E-state index in [1.807, 2.05) is 13.0 Å². The maximum absolute atomic E-state index is 7.82. The standard InChI is InChI=1S/C4H7N.C3H2N2/c1-2-3-4-5;4-2-1-3-5/h2-3H2,1H3;1H2. The molecule has 0 amide bonds. The Hall–Kier alpha value is -1.53. The van der Waals surface area contributed by atoms with E-state index in [0.29, 0.717) is 6.42 Å².